The Balaban J connectivity index is 2.74. The van der Waals surface area contributed by atoms with E-state index >= 15 is 0 Å². The number of aromatic nitrogens is 3. The van der Waals surface area contributed by atoms with E-state index in [0.717, 1.165) is 10.7 Å². The number of pyridine rings is 1. The highest BCUT2D eigenvalue weighted by atomic mass is 32.2. The second-order valence-corrected chi connectivity index (χ2v) is 3.14. The van der Waals surface area contributed by atoms with Gasteiger partial charge in [-0.15, -0.1) is 0 Å². The van der Waals surface area contributed by atoms with Gasteiger partial charge in [0.1, 0.15) is 5.52 Å². The zero-order chi connectivity index (χ0) is 8.55. The largest absolute Gasteiger partial charge is 0.397 e. The van der Waals surface area contributed by atoms with Gasteiger partial charge in [-0.05, 0) is 12.3 Å². The topological polar surface area (TPSA) is 67.6 Å². The Morgan fingerprint density at radius 1 is 1.58 bits per heavy atom. The Kier molecular flexibility index (Phi) is 1.65. The first kappa shape index (κ1) is 7.42. The van der Waals surface area contributed by atoms with E-state index < -0.39 is 0 Å². The van der Waals surface area contributed by atoms with Crippen molar-refractivity contribution in [3.05, 3.63) is 12.3 Å². The number of imidazole rings is 1. The predicted octanol–water partition coefficient (Wildman–Crippen LogP) is 1.26. The normalized spacial score (nSPS) is 10.8. The van der Waals surface area contributed by atoms with Crippen LogP contribution < -0.4 is 5.73 Å². The van der Waals surface area contributed by atoms with Crippen LogP contribution in [0.4, 0.5) is 5.69 Å². The first-order chi connectivity index (χ1) is 5.81. The number of hydrogen-bond donors (Lipinski definition) is 2. The maximum Gasteiger partial charge on any atom is 0.180 e. The summed E-state index contributed by atoms with van der Waals surface area (Å²) in [7, 11) is 0. The molecular weight excluding hydrogens is 172 g/mol. The smallest absolute Gasteiger partial charge is 0.180 e. The van der Waals surface area contributed by atoms with Gasteiger partial charge in [0.05, 0.1) is 5.69 Å². The van der Waals surface area contributed by atoms with Crippen molar-refractivity contribution in [2.45, 2.75) is 5.16 Å². The van der Waals surface area contributed by atoms with Crippen molar-refractivity contribution < 1.29 is 0 Å². The highest BCUT2D eigenvalue weighted by Crippen LogP contribution is 2.19. The van der Waals surface area contributed by atoms with Crippen LogP contribution in [0, 0.1) is 0 Å². The fraction of sp³-hybridized carbons (Fsp3) is 0.143. The zero-order valence-electron chi connectivity index (χ0n) is 6.53. The minimum Gasteiger partial charge on any atom is -0.397 e. The van der Waals surface area contributed by atoms with E-state index in [1.807, 2.05) is 6.26 Å². The second kappa shape index (κ2) is 2.67. The number of anilines is 1. The molecule has 0 aliphatic heterocycles. The van der Waals surface area contributed by atoms with Gasteiger partial charge in [-0.25, -0.2) is 9.97 Å². The molecule has 0 aliphatic rings. The first-order valence-corrected chi connectivity index (χ1v) is 4.68. The van der Waals surface area contributed by atoms with Crippen LogP contribution in [0.15, 0.2) is 17.4 Å². The Morgan fingerprint density at radius 3 is 3.08 bits per heavy atom. The molecule has 2 aromatic rings. The number of thioether (sulfide) groups is 1. The molecule has 0 saturated heterocycles. The number of H-pyrrole nitrogens is 1. The molecule has 12 heavy (non-hydrogen) atoms. The molecule has 0 atom stereocenters. The first-order valence-electron chi connectivity index (χ1n) is 3.45. The van der Waals surface area contributed by atoms with E-state index in [1.165, 1.54) is 0 Å². The van der Waals surface area contributed by atoms with Crippen LogP contribution in [0.2, 0.25) is 0 Å². The average molecular weight is 180 g/mol. The maximum atomic E-state index is 5.70. The standard InChI is InChI=1S/C7H8N4S/c1-12-7-10-5-4(8)2-3-9-6(5)11-7/h2-3H,1H3,(H3,8,9,10,11). The number of nitrogens with one attached hydrogen (secondary N) is 1. The summed E-state index contributed by atoms with van der Waals surface area (Å²) in [6.45, 7) is 0. The lowest BCUT2D eigenvalue weighted by atomic mass is 10.4. The molecule has 0 unspecified atom stereocenters. The Labute approximate surface area is 73.6 Å². The van der Waals surface area contributed by atoms with Crippen molar-refractivity contribution in [2.75, 3.05) is 12.0 Å². The number of aromatic amines is 1. The highest BCUT2D eigenvalue weighted by molar-refractivity contribution is 7.98. The third kappa shape index (κ3) is 1.02. The number of nitrogen functional groups attached to an aromatic ring is 1. The number of nitrogens with two attached hydrogens (primary N) is 1. The van der Waals surface area contributed by atoms with Gasteiger partial charge in [0.2, 0.25) is 0 Å². The van der Waals surface area contributed by atoms with E-state index in [4.69, 9.17) is 5.73 Å². The van der Waals surface area contributed by atoms with Crippen molar-refractivity contribution >= 4 is 28.6 Å². The molecular formula is C7H8N4S. The minimum atomic E-state index is 0.680. The van der Waals surface area contributed by atoms with Crippen LogP contribution in [-0.2, 0) is 0 Å². The Bertz CT molecular complexity index is 409. The highest BCUT2D eigenvalue weighted by Gasteiger charge is 2.03. The van der Waals surface area contributed by atoms with E-state index in [0.29, 0.717) is 11.3 Å². The summed E-state index contributed by atoms with van der Waals surface area (Å²) in [5, 5.41) is 0.843. The summed E-state index contributed by atoms with van der Waals surface area (Å²) in [4.78, 5) is 11.4. The van der Waals surface area contributed by atoms with E-state index in [9.17, 15) is 0 Å². The van der Waals surface area contributed by atoms with Gasteiger partial charge < -0.3 is 10.7 Å². The molecule has 0 radical (unpaired) electrons. The van der Waals surface area contributed by atoms with Crippen molar-refractivity contribution in [1.29, 1.82) is 0 Å². The van der Waals surface area contributed by atoms with Gasteiger partial charge >= 0.3 is 0 Å². The molecule has 2 heterocycles. The summed E-state index contributed by atoms with van der Waals surface area (Å²) >= 11 is 1.54. The summed E-state index contributed by atoms with van der Waals surface area (Å²) in [6.07, 6.45) is 3.61. The van der Waals surface area contributed by atoms with Crippen LogP contribution in [0.1, 0.15) is 0 Å². The molecule has 62 valence electrons. The van der Waals surface area contributed by atoms with Crippen LogP contribution >= 0.6 is 11.8 Å². The van der Waals surface area contributed by atoms with Gasteiger partial charge in [0, 0.05) is 6.20 Å². The average Bonchev–Trinajstić information content (AvgIpc) is 2.49. The molecule has 0 aliphatic carbocycles. The van der Waals surface area contributed by atoms with Crippen molar-refractivity contribution in [3.63, 3.8) is 0 Å². The lowest BCUT2D eigenvalue weighted by Gasteiger charge is -1.90. The van der Waals surface area contributed by atoms with Gasteiger partial charge in [-0.2, -0.15) is 0 Å². The summed E-state index contributed by atoms with van der Waals surface area (Å²) in [6, 6.07) is 1.75. The van der Waals surface area contributed by atoms with Gasteiger partial charge in [-0.3, -0.25) is 0 Å². The molecule has 0 bridgehead atoms. The van der Waals surface area contributed by atoms with Crippen LogP contribution in [0.5, 0.6) is 0 Å². The summed E-state index contributed by atoms with van der Waals surface area (Å²) in [5.74, 6) is 0. The fourth-order valence-electron chi connectivity index (χ4n) is 1.01. The molecule has 3 N–H and O–H groups in total. The molecule has 0 amide bonds. The van der Waals surface area contributed by atoms with Crippen LogP contribution in [0.3, 0.4) is 0 Å². The molecule has 4 nitrogen and oxygen atoms in total. The molecule has 2 rings (SSSR count). The van der Waals surface area contributed by atoms with Crippen molar-refractivity contribution in [1.82, 2.24) is 15.0 Å². The third-order valence-corrected chi connectivity index (χ3v) is 2.18. The molecule has 2 aromatic heterocycles. The van der Waals surface area contributed by atoms with E-state index in [-0.39, 0.29) is 0 Å². The monoisotopic (exact) mass is 180 g/mol. The summed E-state index contributed by atoms with van der Waals surface area (Å²) < 4.78 is 0. The van der Waals surface area contributed by atoms with Crippen molar-refractivity contribution in [3.8, 4) is 0 Å². The maximum absolute atomic E-state index is 5.70. The number of nitrogens with zero attached hydrogens (tertiary/aromatic N) is 2. The SMILES string of the molecule is CSc1nc2nccc(N)c2[nH]1. The quantitative estimate of drug-likeness (QED) is 0.648. The number of fused-ring (bicyclic) bond motifs is 1. The predicted molar refractivity (Wildman–Crippen MR) is 50.1 cm³/mol. The van der Waals surface area contributed by atoms with E-state index in [2.05, 4.69) is 15.0 Å². The lowest BCUT2D eigenvalue weighted by Crippen LogP contribution is -1.86. The van der Waals surface area contributed by atoms with Gasteiger partial charge in [-0.1, -0.05) is 11.8 Å². The molecule has 0 fully saturated rings. The number of hydrogen-bond acceptors (Lipinski definition) is 4. The fourth-order valence-corrected chi connectivity index (χ4v) is 1.39. The Hall–Kier alpha value is -1.23. The van der Waals surface area contributed by atoms with E-state index in [1.54, 1.807) is 24.0 Å². The van der Waals surface area contributed by atoms with Crippen molar-refractivity contribution in [2.24, 2.45) is 0 Å². The zero-order valence-corrected chi connectivity index (χ0v) is 7.35. The third-order valence-electron chi connectivity index (χ3n) is 1.60. The molecule has 0 aromatic carbocycles. The molecule has 0 spiro atoms. The molecule has 5 heteroatoms. The lowest BCUT2D eigenvalue weighted by molar-refractivity contribution is 1.08. The van der Waals surface area contributed by atoms with Crippen LogP contribution in [0.25, 0.3) is 11.2 Å². The Morgan fingerprint density at radius 2 is 2.42 bits per heavy atom. The van der Waals surface area contributed by atoms with Crippen LogP contribution in [-0.4, -0.2) is 21.2 Å². The molecule has 0 saturated carbocycles. The van der Waals surface area contributed by atoms with Gasteiger partial charge in [0.15, 0.2) is 10.8 Å². The summed E-state index contributed by atoms with van der Waals surface area (Å²) in [5.41, 5.74) is 7.89. The minimum absolute atomic E-state index is 0.680. The van der Waals surface area contributed by atoms with Gasteiger partial charge in [0.25, 0.3) is 0 Å². The second-order valence-electron chi connectivity index (χ2n) is 2.34. The number of rotatable bonds is 1.